The number of thiazole rings is 1. The molecule has 0 fully saturated rings. The zero-order valence-corrected chi connectivity index (χ0v) is 10.9. The van der Waals surface area contributed by atoms with E-state index in [1.807, 2.05) is 26.8 Å². The highest BCUT2D eigenvalue weighted by Gasteiger charge is 2.22. The summed E-state index contributed by atoms with van der Waals surface area (Å²) >= 11 is 1.46. The van der Waals surface area contributed by atoms with Crippen molar-refractivity contribution in [2.45, 2.75) is 26.3 Å². The maximum atomic E-state index is 13.6. The zero-order chi connectivity index (χ0) is 12.6. The molecule has 2 N–H and O–H groups in total. The van der Waals surface area contributed by atoms with Crippen molar-refractivity contribution in [1.82, 2.24) is 4.98 Å². The highest BCUT2D eigenvalue weighted by atomic mass is 32.1. The lowest BCUT2D eigenvalue weighted by atomic mass is 10.0. The van der Waals surface area contributed by atoms with Gasteiger partial charge in [0.15, 0.2) is 0 Å². The number of halogens is 1. The van der Waals surface area contributed by atoms with Crippen LogP contribution in [0.1, 0.15) is 24.4 Å². The van der Waals surface area contributed by atoms with Gasteiger partial charge in [-0.1, -0.05) is 12.1 Å². The largest absolute Gasteiger partial charge is 0.321 e. The number of aryl methyl sites for hydroxylation is 1. The maximum absolute atomic E-state index is 13.6. The molecule has 0 atom stereocenters. The molecule has 1 heterocycles. The first-order chi connectivity index (χ1) is 7.89. The van der Waals surface area contributed by atoms with E-state index in [1.54, 1.807) is 12.1 Å². The van der Waals surface area contributed by atoms with Crippen LogP contribution < -0.4 is 5.73 Å². The van der Waals surface area contributed by atoms with E-state index in [-0.39, 0.29) is 5.82 Å². The molecule has 0 saturated carbocycles. The van der Waals surface area contributed by atoms with E-state index >= 15 is 0 Å². The topological polar surface area (TPSA) is 38.9 Å². The molecule has 0 aliphatic heterocycles. The molecule has 0 spiro atoms. The monoisotopic (exact) mass is 250 g/mol. The molecule has 1 aromatic heterocycles. The Balaban J connectivity index is 2.53. The first-order valence-electron chi connectivity index (χ1n) is 5.41. The Kier molecular flexibility index (Phi) is 3.02. The summed E-state index contributed by atoms with van der Waals surface area (Å²) in [5.41, 5.74) is 7.04. The van der Waals surface area contributed by atoms with Crippen LogP contribution in [0.4, 0.5) is 4.39 Å². The summed E-state index contributed by atoms with van der Waals surface area (Å²) in [5.74, 6) is -0.248. The van der Waals surface area contributed by atoms with E-state index in [9.17, 15) is 4.39 Å². The van der Waals surface area contributed by atoms with Crippen LogP contribution in [0.5, 0.6) is 0 Å². The van der Waals surface area contributed by atoms with Crippen LogP contribution in [0.25, 0.3) is 10.6 Å². The van der Waals surface area contributed by atoms with Crippen molar-refractivity contribution in [2.75, 3.05) is 0 Å². The van der Waals surface area contributed by atoms with Crippen LogP contribution >= 0.6 is 11.3 Å². The van der Waals surface area contributed by atoms with Crippen LogP contribution in [-0.4, -0.2) is 4.98 Å². The fourth-order valence-electron chi connectivity index (χ4n) is 1.74. The van der Waals surface area contributed by atoms with Crippen LogP contribution in [-0.2, 0) is 5.54 Å². The quantitative estimate of drug-likeness (QED) is 0.886. The van der Waals surface area contributed by atoms with Gasteiger partial charge in [-0.2, -0.15) is 0 Å². The number of hydrogen-bond donors (Lipinski definition) is 1. The van der Waals surface area contributed by atoms with Gasteiger partial charge in [-0.15, -0.1) is 11.3 Å². The molecule has 0 aliphatic carbocycles. The molecule has 2 aromatic rings. The second-order valence-corrected chi connectivity index (χ2v) is 5.63. The molecule has 90 valence electrons. The van der Waals surface area contributed by atoms with E-state index in [4.69, 9.17) is 5.73 Å². The highest BCUT2D eigenvalue weighted by Crippen LogP contribution is 2.34. The number of nitrogens with two attached hydrogens (primary N) is 1. The van der Waals surface area contributed by atoms with Crippen molar-refractivity contribution < 1.29 is 4.39 Å². The molecule has 2 rings (SSSR count). The van der Waals surface area contributed by atoms with Crippen molar-refractivity contribution in [2.24, 2.45) is 5.73 Å². The first-order valence-corrected chi connectivity index (χ1v) is 6.23. The third kappa shape index (κ3) is 2.37. The minimum atomic E-state index is -0.439. The number of hydrogen-bond acceptors (Lipinski definition) is 3. The minimum absolute atomic E-state index is 0.248. The van der Waals surface area contributed by atoms with Crippen LogP contribution in [0, 0.1) is 12.7 Å². The Bertz CT molecular complexity index is 541. The average molecular weight is 250 g/mol. The molecule has 4 heteroatoms. The van der Waals surface area contributed by atoms with E-state index in [0.717, 1.165) is 10.6 Å². The lowest BCUT2D eigenvalue weighted by molar-refractivity contribution is 0.562. The Hall–Kier alpha value is -1.26. The molecule has 0 unspecified atom stereocenters. The van der Waals surface area contributed by atoms with Crippen LogP contribution in [0.3, 0.4) is 0 Å². The van der Waals surface area contributed by atoms with Crippen molar-refractivity contribution in [3.63, 3.8) is 0 Å². The lowest BCUT2D eigenvalue weighted by Crippen LogP contribution is -2.28. The number of aromatic nitrogens is 1. The van der Waals surface area contributed by atoms with Gasteiger partial charge in [-0.3, -0.25) is 0 Å². The Morgan fingerprint density at radius 2 is 1.94 bits per heavy atom. The summed E-state index contributed by atoms with van der Waals surface area (Å²) in [7, 11) is 0. The third-order valence-electron chi connectivity index (χ3n) is 2.49. The fraction of sp³-hybridized carbons (Fsp3) is 0.308. The maximum Gasteiger partial charge on any atom is 0.133 e. The van der Waals surface area contributed by atoms with Gasteiger partial charge < -0.3 is 5.73 Å². The van der Waals surface area contributed by atoms with Crippen LogP contribution in [0.2, 0.25) is 0 Å². The number of rotatable bonds is 2. The van der Waals surface area contributed by atoms with Crippen molar-refractivity contribution in [3.8, 4) is 10.6 Å². The van der Waals surface area contributed by atoms with E-state index in [0.29, 0.717) is 10.6 Å². The molecule has 0 aliphatic rings. The predicted octanol–water partition coefficient (Wildman–Crippen LogP) is 3.45. The summed E-state index contributed by atoms with van der Waals surface area (Å²) in [5, 5.41) is 0.689. The minimum Gasteiger partial charge on any atom is -0.321 e. The van der Waals surface area contributed by atoms with E-state index in [1.165, 1.54) is 17.4 Å². The molecular formula is C13H15FN2S. The molecule has 17 heavy (non-hydrogen) atoms. The highest BCUT2D eigenvalue weighted by molar-refractivity contribution is 7.15. The van der Waals surface area contributed by atoms with Crippen molar-refractivity contribution in [3.05, 3.63) is 40.7 Å². The lowest BCUT2D eigenvalue weighted by Gasteiger charge is -2.16. The Morgan fingerprint density at radius 3 is 2.47 bits per heavy atom. The first kappa shape index (κ1) is 12.2. The summed E-state index contributed by atoms with van der Waals surface area (Å²) in [6, 6.07) is 6.66. The van der Waals surface area contributed by atoms with Gasteiger partial charge in [0.25, 0.3) is 0 Å². The molecule has 2 nitrogen and oxygen atoms in total. The second kappa shape index (κ2) is 4.20. The third-order valence-corrected chi connectivity index (χ3v) is 4.02. The summed E-state index contributed by atoms with van der Waals surface area (Å²) in [6.07, 6.45) is 0. The van der Waals surface area contributed by atoms with Crippen LogP contribution in [0.15, 0.2) is 24.3 Å². The molecular weight excluding hydrogens is 235 g/mol. The van der Waals surface area contributed by atoms with E-state index < -0.39 is 5.54 Å². The summed E-state index contributed by atoms with van der Waals surface area (Å²) in [6.45, 7) is 5.77. The molecule has 0 radical (unpaired) electrons. The second-order valence-electron chi connectivity index (χ2n) is 4.64. The fourth-order valence-corrected chi connectivity index (χ4v) is 2.85. The molecule has 1 aromatic carbocycles. The zero-order valence-electron chi connectivity index (χ0n) is 10.1. The predicted molar refractivity (Wildman–Crippen MR) is 69.5 cm³/mol. The SMILES string of the molecule is Cc1nc(-c2ccccc2F)sc1C(C)(C)N. The standard InChI is InChI=1S/C13H15FN2S/c1-8-11(13(2,3)15)17-12(16-8)9-6-4-5-7-10(9)14/h4-7H,15H2,1-3H3. The smallest absolute Gasteiger partial charge is 0.133 e. The van der Waals surface area contributed by atoms with E-state index in [2.05, 4.69) is 4.98 Å². The normalized spacial score (nSPS) is 11.8. The summed E-state index contributed by atoms with van der Waals surface area (Å²) in [4.78, 5) is 5.40. The van der Waals surface area contributed by atoms with Crippen molar-refractivity contribution in [1.29, 1.82) is 0 Å². The molecule has 0 saturated heterocycles. The van der Waals surface area contributed by atoms with Gasteiger partial charge in [0, 0.05) is 16.0 Å². The average Bonchev–Trinajstić information content (AvgIpc) is 2.60. The van der Waals surface area contributed by atoms with Gasteiger partial charge in [-0.25, -0.2) is 9.37 Å². The van der Waals surface area contributed by atoms with Crippen molar-refractivity contribution >= 4 is 11.3 Å². The number of benzene rings is 1. The Labute approximate surface area is 104 Å². The van der Waals surface area contributed by atoms with Gasteiger partial charge in [-0.05, 0) is 32.9 Å². The molecule has 0 amide bonds. The van der Waals surface area contributed by atoms with Gasteiger partial charge in [0.05, 0.1) is 5.69 Å². The Morgan fingerprint density at radius 1 is 1.29 bits per heavy atom. The van der Waals surface area contributed by atoms with Gasteiger partial charge in [0.2, 0.25) is 0 Å². The van der Waals surface area contributed by atoms with Gasteiger partial charge >= 0.3 is 0 Å². The molecule has 0 bridgehead atoms. The van der Waals surface area contributed by atoms with Gasteiger partial charge in [0.1, 0.15) is 10.8 Å². The number of nitrogens with zero attached hydrogens (tertiary/aromatic N) is 1. The summed E-state index contributed by atoms with van der Waals surface area (Å²) < 4.78 is 13.6.